The maximum atomic E-state index is 12.8. The lowest BCUT2D eigenvalue weighted by atomic mass is 10.1. The molecule has 90 valence electrons. The molecule has 0 radical (unpaired) electrons. The molecular weight excluding hydrogens is 275 g/mol. The van der Waals surface area contributed by atoms with Gasteiger partial charge in [-0.15, -0.1) is 0 Å². The predicted octanol–water partition coefficient (Wildman–Crippen LogP) is 2.92. The summed E-state index contributed by atoms with van der Waals surface area (Å²) in [4.78, 5) is 0. The minimum Gasteiger partial charge on any atom is -0.390 e. The zero-order chi connectivity index (χ0) is 12.1. The molecule has 0 aliphatic carbocycles. The summed E-state index contributed by atoms with van der Waals surface area (Å²) < 4.78 is 18.8. The van der Waals surface area contributed by atoms with Crippen LogP contribution >= 0.6 is 15.9 Å². The van der Waals surface area contributed by atoms with Crippen molar-refractivity contribution in [2.45, 2.75) is 32.5 Å². The number of aliphatic hydroxyl groups is 1. The summed E-state index contributed by atoms with van der Waals surface area (Å²) in [5.41, 5.74) is 0.876. The van der Waals surface area contributed by atoms with Crippen LogP contribution in [0.4, 0.5) is 4.39 Å². The Hall–Kier alpha value is -0.450. The molecule has 16 heavy (non-hydrogen) atoms. The third-order valence-corrected chi connectivity index (χ3v) is 2.83. The quantitative estimate of drug-likeness (QED) is 0.904. The second-order valence-electron chi connectivity index (χ2n) is 3.98. The number of rotatable bonds is 5. The fourth-order valence-electron chi connectivity index (χ4n) is 1.30. The summed E-state index contributed by atoms with van der Waals surface area (Å²) in [5.74, 6) is -0.288. The van der Waals surface area contributed by atoms with Gasteiger partial charge in [0.1, 0.15) is 5.82 Å². The monoisotopic (exact) mass is 290 g/mol. The van der Waals surface area contributed by atoms with E-state index in [9.17, 15) is 9.50 Å². The van der Waals surface area contributed by atoms with Gasteiger partial charge in [0.25, 0.3) is 0 Å². The Morgan fingerprint density at radius 1 is 1.44 bits per heavy atom. The van der Waals surface area contributed by atoms with Crippen LogP contribution in [0, 0.1) is 5.82 Å². The average Bonchev–Trinajstić information content (AvgIpc) is 2.19. The minimum absolute atomic E-state index is 0.103. The lowest BCUT2D eigenvalue weighted by Crippen LogP contribution is -2.20. The number of benzene rings is 1. The largest absolute Gasteiger partial charge is 0.390 e. The van der Waals surface area contributed by atoms with E-state index in [0.717, 1.165) is 5.56 Å². The number of hydrogen-bond donors (Lipinski definition) is 1. The van der Waals surface area contributed by atoms with Crippen molar-refractivity contribution in [1.82, 2.24) is 0 Å². The Kier molecular flexibility index (Phi) is 5.38. The lowest BCUT2D eigenvalue weighted by molar-refractivity contribution is 0.00615. The van der Waals surface area contributed by atoms with E-state index in [-0.39, 0.29) is 11.9 Å². The highest BCUT2D eigenvalue weighted by atomic mass is 79.9. The summed E-state index contributed by atoms with van der Waals surface area (Å²) in [6, 6.07) is 4.44. The summed E-state index contributed by atoms with van der Waals surface area (Å²) >= 11 is 3.26. The van der Waals surface area contributed by atoms with Gasteiger partial charge in [-0.25, -0.2) is 4.39 Å². The smallest absolute Gasteiger partial charge is 0.124 e. The first kappa shape index (κ1) is 13.6. The van der Waals surface area contributed by atoms with Crippen LogP contribution in [-0.2, 0) is 11.2 Å². The van der Waals surface area contributed by atoms with Crippen molar-refractivity contribution >= 4 is 15.9 Å². The minimum atomic E-state index is -0.566. The fraction of sp³-hybridized carbons (Fsp3) is 0.500. The molecule has 0 aliphatic rings. The first-order valence-electron chi connectivity index (χ1n) is 5.22. The molecule has 1 unspecified atom stereocenters. The third kappa shape index (κ3) is 4.60. The first-order chi connectivity index (χ1) is 7.49. The predicted molar refractivity (Wildman–Crippen MR) is 64.9 cm³/mol. The highest BCUT2D eigenvalue weighted by Gasteiger charge is 2.10. The van der Waals surface area contributed by atoms with E-state index < -0.39 is 6.10 Å². The SMILES string of the molecule is CC(C)OCC(O)Cc1ccc(F)cc1Br. The number of aliphatic hydroxyl groups excluding tert-OH is 1. The average molecular weight is 291 g/mol. The highest BCUT2D eigenvalue weighted by Crippen LogP contribution is 2.19. The number of ether oxygens (including phenoxy) is 1. The van der Waals surface area contributed by atoms with E-state index >= 15 is 0 Å². The maximum absolute atomic E-state index is 12.8. The lowest BCUT2D eigenvalue weighted by Gasteiger charge is -2.14. The van der Waals surface area contributed by atoms with Gasteiger partial charge in [-0.1, -0.05) is 22.0 Å². The van der Waals surface area contributed by atoms with Crippen molar-refractivity contribution in [2.75, 3.05) is 6.61 Å². The van der Waals surface area contributed by atoms with Crippen LogP contribution < -0.4 is 0 Å². The molecule has 0 amide bonds. The van der Waals surface area contributed by atoms with Gasteiger partial charge in [0, 0.05) is 10.9 Å². The van der Waals surface area contributed by atoms with Crippen LogP contribution in [0.1, 0.15) is 19.4 Å². The third-order valence-electron chi connectivity index (χ3n) is 2.09. The second kappa shape index (κ2) is 6.33. The van der Waals surface area contributed by atoms with Crippen LogP contribution in [0.25, 0.3) is 0 Å². The zero-order valence-corrected chi connectivity index (χ0v) is 11.0. The highest BCUT2D eigenvalue weighted by molar-refractivity contribution is 9.10. The van der Waals surface area contributed by atoms with Gasteiger partial charge in [0.15, 0.2) is 0 Å². The van der Waals surface area contributed by atoms with Gasteiger partial charge in [-0.3, -0.25) is 0 Å². The summed E-state index contributed by atoms with van der Waals surface area (Å²) in [6.45, 7) is 4.13. The Morgan fingerprint density at radius 2 is 2.12 bits per heavy atom. The van der Waals surface area contributed by atoms with Gasteiger partial charge >= 0.3 is 0 Å². The summed E-state index contributed by atoms with van der Waals surface area (Å²) in [5, 5.41) is 9.71. The number of hydrogen-bond acceptors (Lipinski definition) is 2. The van der Waals surface area contributed by atoms with Gasteiger partial charge < -0.3 is 9.84 Å². The number of halogens is 2. The molecular formula is C12H16BrFO2. The van der Waals surface area contributed by atoms with E-state index in [2.05, 4.69) is 15.9 Å². The van der Waals surface area contributed by atoms with Crippen LogP contribution in [0.3, 0.4) is 0 Å². The van der Waals surface area contributed by atoms with E-state index in [1.165, 1.54) is 12.1 Å². The molecule has 0 bridgehead atoms. The first-order valence-corrected chi connectivity index (χ1v) is 6.02. The Balaban J connectivity index is 2.52. The van der Waals surface area contributed by atoms with Gasteiger partial charge in [-0.2, -0.15) is 0 Å². The van der Waals surface area contributed by atoms with E-state index in [1.807, 2.05) is 13.8 Å². The summed E-state index contributed by atoms with van der Waals surface area (Å²) in [7, 11) is 0. The van der Waals surface area contributed by atoms with Crippen molar-refractivity contribution in [3.63, 3.8) is 0 Å². The second-order valence-corrected chi connectivity index (χ2v) is 4.83. The van der Waals surface area contributed by atoms with Crippen molar-refractivity contribution in [3.8, 4) is 0 Å². The van der Waals surface area contributed by atoms with Gasteiger partial charge in [-0.05, 0) is 31.5 Å². The van der Waals surface area contributed by atoms with Crippen molar-refractivity contribution in [2.24, 2.45) is 0 Å². The van der Waals surface area contributed by atoms with Gasteiger partial charge in [0.05, 0.1) is 18.8 Å². The Labute approximate surface area is 104 Å². The standard InChI is InChI=1S/C12H16BrFO2/c1-8(2)16-7-11(15)5-9-3-4-10(14)6-12(9)13/h3-4,6,8,11,15H,5,7H2,1-2H3. The molecule has 0 aliphatic heterocycles. The van der Waals surface area contributed by atoms with E-state index in [1.54, 1.807) is 6.07 Å². The Bertz CT molecular complexity index is 342. The van der Waals surface area contributed by atoms with E-state index in [0.29, 0.717) is 17.5 Å². The van der Waals surface area contributed by atoms with Crippen LogP contribution in [0.5, 0.6) is 0 Å². The molecule has 2 nitrogen and oxygen atoms in total. The molecule has 0 heterocycles. The molecule has 0 spiro atoms. The summed E-state index contributed by atoms with van der Waals surface area (Å²) in [6.07, 6.45) is -0.0106. The van der Waals surface area contributed by atoms with Crippen LogP contribution in [-0.4, -0.2) is 23.9 Å². The molecule has 4 heteroatoms. The van der Waals surface area contributed by atoms with Gasteiger partial charge in [0.2, 0.25) is 0 Å². The molecule has 1 N–H and O–H groups in total. The van der Waals surface area contributed by atoms with Crippen LogP contribution in [0.2, 0.25) is 0 Å². The van der Waals surface area contributed by atoms with E-state index in [4.69, 9.17) is 4.74 Å². The van der Waals surface area contributed by atoms with Crippen molar-refractivity contribution < 1.29 is 14.2 Å². The molecule has 1 atom stereocenters. The molecule has 1 rings (SSSR count). The molecule has 1 aromatic carbocycles. The molecule has 0 aromatic heterocycles. The molecule has 0 saturated heterocycles. The van der Waals surface area contributed by atoms with Crippen LogP contribution in [0.15, 0.2) is 22.7 Å². The normalized spacial score (nSPS) is 13.1. The molecule has 0 fully saturated rings. The molecule has 1 aromatic rings. The van der Waals surface area contributed by atoms with Crippen molar-refractivity contribution in [1.29, 1.82) is 0 Å². The fourth-order valence-corrected chi connectivity index (χ4v) is 1.82. The topological polar surface area (TPSA) is 29.5 Å². The Morgan fingerprint density at radius 3 is 2.69 bits per heavy atom. The molecule has 0 saturated carbocycles. The zero-order valence-electron chi connectivity index (χ0n) is 9.41. The van der Waals surface area contributed by atoms with Crippen molar-refractivity contribution in [3.05, 3.63) is 34.1 Å². The maximum Gasteiger partial charge on any atom is 0.124 e.